The van der Waals surface area contributed by atoms with Crippen LogP contribution in [0.25, 0.3) is 0 Å². The van der Waals surface area contributed by atoms with Gasteiger partial charge in [-0.1, -0.05) is 30.3 Å². The SMILES string of the molecule is [CH2]C(O)(CF)c1ccccc1. The molecule has 1 nitrogen and oxygen atoms in total. The lowest BCUT2D eigenvalue weighted by Crippen LogP contribution is -2.23. The summed E-state index contributed by atoms with van der Waals surface area (Å²) in [5.74, 6) is 0. The van der Waals surface area contributed by atoms with Crippen molar-refractivity contribution in [2.45, 2.75) is 5.60 Å². The van der Waals surface area contributed by atoms with Gasteiger partial charge in [0.2, 0.25) is 0 Å². The molecule has 1 N–H and O–H groups in total. The van der Waals surface area contributed by atoms with E-state index in [4.69, 9.17) is 0 Å². The van der Waals surface area contributed by atoms with Crippen molar-refractivity contribution in [3.8, 4) is 0 Å². The molecule has 1 radical (unpaired) electrons. The highest BCUT2D eigenvalue weighted by Crippen LogP contribution is 2.19. The maximum atomic E-state index is 12.1. The molecular formula is C9H10FO. The minimum Gasteiger partial charge on any atom is -0.382 e. The molecule has 0 amide bonds. The first-order valence-corrected chi connectivity index (χ1v) is 3.36. The first-order valence-electron chi connectivity index (χ1n) is 3.36. The monoisotopic (exact) mass is 153 g/mol. The highest BCUT2D eigenvalue weighted by molar-refractivity contribution is 5.23. The van der Waals surface area contributed by atoms with Gasteiger partial charge in [-0.3, -0.25) is 0 Å². The number of rotatable bonds is 2. The second-order valence-corrected chi connectivity index (χ2v) is 2.53. The number of alkyl halides is 1. The van der Waals surface area contributed by atoms with Crippen LogP contribution >= 0.6 is 0 Å². The molecule has 0 bridgehead atoms. The van der Waals surface area contributed by atoms with Crippen LogP contribution in [-0.2, 0) is 5.60 Å². The summed E-state index contributed by atoms with van der Waals surface area (Å²) in [7, 11) is 0. The summed E-state index contributed by atoms with van der Waals surface area (Å²) in [6, 6.07) is 8.57. The molecule has 1 atom stereocenters. The average Bonchev–Trinajstić information content (AvgIpc) is 2.06. The fourth-order valence-electron chi connectivity index (χ4n) is 0.826. The average molecular weight is 153 g/mol. The van der Waals surface area contributed by atoms with Gasteiger partial charge in [-0.05, 0) is 12.5 Å². The first kappa shape index (κ1) is 8.21. The molecule has 1 aromatic carbocycles. The lowest BCUT2D eigenvalue weighted by Gasteiger charge is -2.18. The van der Waals surface area contributed by atoms with Gasteiger partial charge in [-0.25, -0.2) is 4.39 Å². The Morgan fingerprint density at radius 2 is 1.91 bits per heavy atom. The highest BCUT2D eigenvalue weighted by atomic mass is 19.1. The molecule has 2 heteroatoms. The zero-order valence-corrected chi connectivity index (χ0v) is 6.13. The summed E-state index contributed by atoms with van der Waals surface area (Å²) < 4.78 is 12.1. The molecule has 59 valence electrons. The van der Waals surface area contributed by atoms with Crippen molar-refractivity contribution in [1.82, 2.24) is 0 Å². The quantitative estimate of drug-likeness (QED) is 0.685. The lowest BCUT2D eigenvalue weighted by molar-refractivity contribution is 0.0568. The van der Waals surface area contributed by atoms with Gasteiger partial charge < -0.3 is 5.11 Å². The van der Waals surface area contributed by atoms with E-state index in [0.29, 0.717) is 5.56 Å². The molecule has 1 aromatic rings. The Hall–Kier alpha value is -0.890. The molecule has 0 saturated carbocycles. The topological polar surface area (TPSA) is 20.2 Å². The van der Waals surface area contributed by atoms with Crippen LogP contribution in [0.2, 0.25) is 0 Å². The van der Waals surface area contributed by atoms with Crippen LogP contribution in [0.1, 0.15) is 5.56 Å². The minimum absolute atomic E-state index is 0.502. The van der Waals surface area contributed by atoms with Crippen molar-refractivity contribution in [1.29, 1.82) is 0 Å². The predicted octanol–water partition coefficient (Wildman–Crippen LogP) is 1.68. The third-order valence-electron chi connectivity index (χ3n) is 1.53. The first-order chi connectivity index (χ1) is 5.17. The third-order valence-corrected chi connectivity index (χ3v) is 1.53. The molecule has 0 aromatic heterocycles. The van der Waals surface area contributed by atoms with E-state index in [0.717, 1.165) is 0 Å². The van der Waals surface area contributed by atoms with Gasteiger partial charge in [0.15, 0.2) is 0 Å². The van der Waals surface area contributed by atoms with Crippen molar-refractivity contribution < 1.29 is 9.50 Å². The Morgan fingerprint density at radius 3 is 2.36 bits per heavy atom. The van der Waals surface area contributed by atoms with Crippen LogP contribution < -0.4 is 0 Å². The van der Waals surface area contributed by atoms with Crippen molar-refractivity contribution in [3.05, 3.63) is 42.8 Å². The number of hydrogen-bond donors (Lipinski definition) is 1. The van der Waals surface area contributed by atoms with E-state index < -0.39 is 12.3 Å². The smallest absolute Gasteiger partial charge is 0.122 e. The Labute approximate surface area is 65.5 Å². The van der Waals surface area contributed by atoms with Crippen LogP contribution in [0.3, 0.4) is 0 Å². The molecule has 0 heterocycles. The molecule has 0 saturated heterocycles. The third kappa shape index (κ3) is 1.77. The fraction of sp³-hybridized carbons (Fsp3) is 0.222. The Morgan fingerprint density at radius 1 is 1.36 bits per heavy atom. The second-order valence-electron chi connectivity index (χ2n) is 2.53. The molecule has 11 heavy (non-hydrogen) atoms. The van der Waals surface area contributed by atoms with Crippen LogP contribution in [0.15, 0.2) is 30.3 Å². The summed E-state index contributed by atoms with van der Waals surface area (Å²) in [4.78, 5) is 0. The second kappa shape index (κ2) is 3.01. The van der Waals surface area contributed by atoms with E-state index in [2.05, 4.69) is 6.92 Å². The number of hydrogen-bond acceptors (Lipinski definition) is 1. The van der Waals surface area contributed by atoms with Gasteiger partial charge >= 0.3 is 0 Å². The van der Waals surface area contributed by atoms with Crippen LogP contribution in [-0.4, -0.2) is 11.8 Å². The molecule has 1 unspecified atom stereocenters. The van der Waals surface area contributed by atoms with Gasteiger partial charge in [-0.15, -0.1) is 0 Å². The van der Waals surface area contributed by atoms with Crippen LogP contribution in [0.5, 0.6) is 0 Å². The summed E-state index contributed by atoms with van der Waals surface area (Å²) in [6.07, 6.45) is 0. The zero-order chi connectivity index (χ0) is 8.32. The molecule has 1 rings (SSSR count). The Bertz CT molecular complexity index is 218. The van der Waals surface area contributed by atoms with Crippen molar-refractivity contribution >= 4 is 0 Å². The molecule has 0 aliphatic carbocycles. The van der Waals surface area contributed by atoms with Crippen molar-refractivity contribution in [3.63, 3.8) is 0 Å². The van der Waals surface area contributed by atoms with Gasteiger partial charge in [0.1, 0.15) is 12.3 Å². The molecule has 0 aliphatic heterocycles. The maximum absolute atomic E-state index is 12.1. The van der Waals surface area contributed by atoms with E-state index in [1.165, 1.54) is 0 Å². The predicted molar refractivity (Wildman–Crippen MR) is 41.7 cm³/mol. The molecule has 0 spiro atoms. The summed E-state index contributed by atoms with van der Waals surface area (Å²) in [5, 5.41) is 9.31. The molecule has 0 aliphatic rings. The summed E-state index contributed by atoms with van der Waals surface area (Å²) >= 11 is 0. The lowest BCUT2D eigenvalue weighted by atomic mass is 9.98. The standard InChI is InChI=1S/C9H10FO/c1-9(11,7-10)8-5-3-2-4-6-8/h2-6,11H,1,7H2. The maximum Gasteiger partial charge on any atom is 0.122 e. The van der Waals surface area contributed by atoms with Gasteiger partial charge in [0, 0.05) is 0 Å². The van der Waals surface area contributed by atoms with E-state index in [1.807, 2.05) is 0 Å². The Balaban J connectivity index is 2.93. The van der Waals surface area contributed by atoms with Crippen LogP contribution in [0.4, 0.5) is 4.39 Å². The summed E-state index contributed by atoms with van der Waals surface area (Å²) in [5.41, 5.74) is -1.08. The zero-order valence-electron chi connectivity index (χ0n) is 6.13. The van der Waals surface area contributed by atoms with Crippen molar-refractivity contribution in [2.24, 2.45) is 0 Å². The van der Waals surface area contributed by atoms with E-state index in [-0.39, 0.29) is 0 Å². The van der Waals surface area contributed by atoms with E-state index in [9.17, 15) is 9.50 Å². The van der Waals surface area contributed by atoms with Gasteiger partial charge in [-0.2, -0.15) is 0 Å². The number of aliphatic hydroxyl groups is 1. The largest absolute Gasteiger partial charge is 0.382 e. The number of halogens is 1. The van der Waals surface area contributed by atoms with Crippen LogP contribution in [0, 0.1) is 6.92 Å². The Kier molecular flexibility index (Phi) is 2.25. The van der Waals surface area contributed by atoms with E-state index in [1.54, 1.807) is 30.3 Å². The fourth-order valence-corrected chi connectivity index (χ4v) is 0.826. The minimum atomic E-state index is -1.58. The van der Waals surface area contributed by atoms with Gasteiger partial charge in [0.05, 0.1) is 0 Å². The van der Waals surface area contributed by atoms with E-state index >= 15 is 0 Å². The molecule has 0 fully saturated rings. The normalized spacial score (nSPS) is 15.9. The summed E-state index contributed by atoms with van der Waals surface area (Å²) in [6.45, 7) is 2.48. The number of benzene rings is 1. The van der Waals surface area contributed by atoms with Crippen molar-refractivity contribution in [2.75, 3.05) is 6.67 Å². The van der Waals surface area contributed by atoms with Gasteiger partial charge in [0.25, 0.3) is 0 Å². The highest BCUT2D eigenvalue weighted by Gasteiger charge is 2.21. The molecular weight excluding hydrogens is 143 g/mol.